The Morgan fingerprint density at radius 1 is 1.12 bits per heavy atom. The van der Waals surface area contributed by atoms with Crippen molar-refractivity contribution in [3.05, 3.63) is 53.9 Å². The van der Waals surface area contributed by atoms with Gasteiger partial charge in [-0.2, -0.15) is 8.78 Å². The Labute approximate surface area is 191 Å². The molecule has 1 aromatic heterocycles. The number of hydrogen-bond acceptors (Lipinski definition) is 5. The van der Waals surface area contributed by atoms with Crippen LogP contribution in [0.5, 0.6) is 0 Å². The van der Waals surface area contributed by atoms with Gasteiger partial charge in [0.2, 0.25) is 0 Å². The molecule has 3 N–H and O–H groups in total. The lowest BCUT2D eigenvalue weighted by atomic mass is 9.79. The summed E-state index contributed by atoms with van der Waals surface area (Å²) < 4.78 is 38.0. The highest BCUT2D eigenvalue weighted by Crippen LogP contribution is 2.31. The maximum atomic E-state index is 13.2. The van der Waals surface area contributed by atoms with Crippen LogP contribution in [0.15, 0.2) is 42.6 Å². The zero-order chi connectivity index (χ0) is 23.4. The van der Waals surface area contributed by atoms with Crippen LogP contribution in [-0.4, -0.2) is 65.2 Å². The van der Waals surface area contributed by atoms with Crippen LogP contribution in [0.4, 0.5) is 13.2 Å². The predicted molar refractivity (Wildman–Crippen MR) is 118 cm³/mol. The van der Waals surface area contributed by atoms with Crippen molar-refractivity contribution in [1.29, 1.82) is 0 Å². The smallest absolute Gasteiger partial charge is 0.315 e. The van der Waals surface area contributed by atoms with Gasteiger partial charge in [-0.1, -0.05) is 30.3 Å². The third kappa shape index (κ3) is 5.54. The summed E-state index contributed by atoms with van der Waals surface area (Å²) in [6, 6.07) is 9.21. The Morgan fingerprint density at radius 3 is 2.30 bits per heavy atom. The first kappa shape index (κ1) is 23.7. The standard InChI is InChI=1S/C24H29F3N4O2/c25-13-20(30-23(33)22(26)27)21(32)17-3-1-16(2-4-17)18-5-6-19(28-14-18)15-31-11-8-24(9-12-31)7-10-29-24/h1-6,14,20-22,29,32H,7-13,15H2,(H,30,33)/t20-,21-/m1/s1. The van der Waals surface area contributed by atoms with Gasteiger partial charge >= 0.3 is 6.43 Å². The minimum Gasteiger partial charge on any atom is -0.386 e. The molecule has 2 saturated heterocycles. The Kier molecular flexibility index (Phi) is 7.31. The molecule has 2 aliphatic rings. The number of pyridine rings is 1. The molecule has 6 nitrogen and oxygen atoms in total. The van der Waals surface area contributed by atoms with Gasteiger partial charge in [-0.05, 0) is 43.0 Å². The average Bonchev–Trinajstić information content (AvgIpc) is 2.82. The maximum Gasteiger partial charge on any atom is 0.315 e. The molecule has 4 rings (SSSR count). The van der Waals surface area contributed by atoms with Crippen molar-refractivity contribution in [2.45, 2.75) is 49.9 Å². The van der Waals surface area contributed by atoms with Gasteiger partial charge < -0.3 is 15.7 Å². The molecule has 1 spiro atoms. The normalized spacial score (nSPS) is 19.8. The van der Waals surface area contributed by atoms with Crippen LogP contribution >= 0.6 is 0 Å². The summed E-state index contributed by atoms with van der Waals surface area (Å²) in [6.07, 6.45) is 0.730. The van der Waals surface area contributed by atoms with E-state index in [0.29, 0.717) is 11.1 Å². The number of alkyl halides is 3. The number of piperidine rings is 1. The number of aliphatic hydroxyl groups excluding tert-OH is 1. The number of benzene rings is 1. The molecule has 1 aromatic carbocycles. The van der Waals surface area contributed by atoms with Crippen LogP contribution in [0, 0.1) is 0 Å². The quantitative estimate of drug-likeness (QED) is 0.563. The van der Waals surface area contributed by atoms with E-state index in [4.69, 9.17) is 0 Å². The van der Waals surface area contributed by atoms with E-state index >= 15 is 0 Å². The third-order valence-electron chi connectivity index (χ3n) is 6.79. The number of nitrogens with zero attached hydrogens (tertiary/aromatic N) is 2. The number of hydrogen-bond donors (Lipinski definition) is 3. The maximum absolute atomic E-state index is 13.2. The van der Waals surface area contributed by atoms with Crippen molar-refractivity contribution in [1.82, 2.24) is 20.5 Å². The fourth-order valence-electron chi connectivity index (χ4n) is 4.52. The zero-order valence-corrected chi connectivity index (χ0v) is 18.3. The van der Waals surface area contributed by atoms with Crippen LogP contribution in [0.3, 0.4) is 0 Å². The number of rotatable bonds is 8. The summed E-state index contributed by atoms with van der Waals surface area (Å²) in [6.45, 7) is 2.92. The lowest BCUT2D eigenvalue weighted by Gasteiger charge is -2.48. The van der Waals surface area contributed by atoms with Crippen molar-refractivity contribution in [3.8, 4) is 11.1 Å². The lowest BCUT2D eigenvalue weighted by molar-refractivity contribution is -0.133. The van der Waals surface area contributed by atoms with Gasteiger partial charge in [-0.3, -0.25) is 14.7 Å². The van der Waals surface area contributed by atoms with E-state index in [0.717, 1.165) is 43.0 Å². The number of amides is 1. The van der Waals surface area contributed by atoms with Gasteiger partial charge in [0.1, 0.15) is 12.8 Å². The van der Waals surface area contributed by atoms with Crippen LogP contribution < -0.4 is 10.6 Å². The topological polar surface area (TPSA) is 77.5 Å². The largest absolute Gasteiger partial charge is 0.386 e. The zero-order valence-electron chi connectivity index (χ0n) is 18.3. The third-order valence-corrected chi connectivity index (χ3v) is 6.79. The number of carbonyl (C=O) groups excluding carboxylic acids is 1. The number of carbonyl (C=O) groups is 1. The molecule has 0 saturated carbocycles. The van der Waals surface area contributed by atoms with Crippen LogP contribution in [0.25, 0.3) is 11.1 Å². The lowest BCUT2D eigenvalue weighted by Crippen LogP contribution is -2.61. The molecular weight excluding hydrogens is 433 g/mol. The van der Waals surface area contributed by atoms with Crippen molar-refractivity contribution in [2.24, 2.45) is 0 Å². The molecule has 0 unspecified atom stereocenters. The molecule has 2 fully saturated rings. The fraction of sp³-hybridized carbons (Fsp3) is 0.500. The summed E-state index contributed by atoms with van der Waals surface area (Å²) in [7, 11) is 0. The molecule has 2 aliphatic heterocycles. The van der Waals surface area contributed by atoms with E-state index in [2.05, 4.69) is 15.2 Å². The van der Waals surface area contributed by atoms with E-state index in [9.17, 15) is 23.1 Å². The van der Waals surface area contributed by atoms with Gasteiger partial charge in [0.05, 0.1) is 11.7 Å². The minimum atomic E-state index is -3.27. The Morgan fingerprint density at radius 2 is 1.79 bits per heavy atom. The molecule has 2 atom stereocenters. The van der Waals surface area contributed by atoms with Crippen LogP contribution in [0.2, 0.25) is 0 Å². The Hall–Kier alpha value is -2.49. The molecular formula is C24H29F3N4O2. The minimum absolute atomic E-state index is 0.323. The van der Waals surface area contributed by atoms with Crippen LogP contribution in [0.1, 0.15) is 36.6 Å². The fourth-order valence-corrected chi connectivity index (χ4v) is 4.52. The second kappa shape index (κ2) is 10.2. The van der Waals surface area contributed by atoms with E-state index in [1.54, 1.807) is 30.5 Å². The number of aliphatic hydroxyl groups is 1. The summed E-state index contributed by atoms with van der Waals surface area (Å²) >= 11 is 0. The first-order chi connectivity index (χ1) is 15.9. The second-order valence-electron chi connectivity index (χ2n) is 8.91. The molecule has 33 heavy (non-hydrogen) atoms. The van der Waals surface area contributed by atoms with Crippen molar-refractivity contribution in [3.63, 3.8) is 0 Å². The highest BCUT2D eigenvalue weighted by molar-refractivity contribution is 5.79. The summed E-state index contributed by atoms with van der Waals surface area (Å²) in [4.78, 5) is 18.2. The molecule has 0 bridgehead atoms. The van der Waals surface area contributed by atoms with Crippen molar-refractivity contribution < 1.29 is 23.1 Å². The van der Waals surface area contributed by atoms with Gasteiger partial charge in [0, 0.05) is 36.9 Å². The molecule has 1 amide bonds. The molecule has 2 aromatic rings. The Balaban J connectivity index is 1.34. The number of likely N-dealkylation sites (tertiary alicyclic amines) is 1. The summed E-state index contributed by atoms with van der Waals surface area (Å²) in [5.41, 5.74) is 3.46. The van der Waals surface area contributed by atoms with Gasteiger partial charge in [0.15, 0.2) is 0 Å². The predicted octanol–water partition coefficient (Wildman–Crippen LogP) is 2.83. The van der Waals surface area contributed by atoms with E-state index in [1.165, 1.54) is 19.3 Å². The summed E-state index contributed by atoms with van der Waals surface area (Å²) in [5.74, 6) is -1.61. The van der Waals surface area contributed by atoms with E-state index < -0.39 is 31.2 Å². The number of aromatic nitrogens is 1. The molecule has 178 valence electrons. The van der Waals surface area contributed by atoms with Crippen LogP contribution in [-0.2, 0) is 11.3 Å². The number of halogens is 3. The number of nitrogens with one attached hydrogen (secondary N) is 2. The monoisotopic (exact) mass is 462 g/mol. The van der Waals surface area contributed by atoms with Gasteiger partial charge in [-0.25, -0.2) is 4.39 Å². The van der Waals surface area contributed by atoms with Gasteiger partial charge in [-0.15, -0.1) is 0 Å². The van der Waals surface area contributed by atoms with Crippen molar-refractivity contribution >= 4 is 5.91 Å². The van der Waals surface area contributed by atoms with E-state index in [-0.39, 0.29) is 0 Å². The SMILES string of the molecule is O=C(N[C@H](CF)[C@H](O)c1ccc(-c2ccc(CN3CCC4(CCN4)CC3)nc2)cc1)C(F)F. The average molecular weight is 463 g/mol. The molecule has 0 radical (unpaired) electrons. The highest BCUT2D eigenvalue weighted by atomic mass is 19.3. The Bertz CT molecular complexity index is 926. The van der Waals surface area contributed by atoms with E-state index in [1.807, 2.05) is 17.4 Å². The molecule has 3 heterocycles. The van der Waals surface area contributed by atoms with Gasteiger partial charge in [0.25, 0.3) is 5.91 Å². The summed E-state index contributed by atoms with van der Waals surface area (Å²) in [5, 5.41) is 15.7. The first-order valence-electron chi connectivity index (χ1n) is 11.2. The van der Waals surface area contributed by atoms with Crippen molar-refractivity contribution in [2.75, 3.05) is 26.3 Å². The second-order valence-corrected chi connectivity index (χ2v) is 8.91. The first-order valence-corrected chi connectivity index (χ1v) is 11.2. The highest BCUT2D eigenvalue weighted by Gasteiger charge is 2.39. The molecule has 0 aliphatic carbocycles. The molecule has 9 heteroatoms.